The lowest BCUT2D eigenvalue weighted by molar-refractivity contribution is -0.115. The third kappa shape index (κ3) is 2.55. The highest BCUT2D eigenvalue weighted by molar-refractivity contribution is 7.80. The molecule has 2 heterocycles. The standard InChI is InChI=1S/C14H11ClN4OS/c1-8-10(7-11-13(20)17-14(21)16-11)12(15)19(18-8)9-5-3-2-4-6-9/h2-7H,1H3,(H2,16,17,20,21)/b11-7-. The molecule has 1 aromatic carbocycles. The Kier molecular flexibility index (Phi) is 3.48. The second-order valence-electron chi connectivity index (χ2n) is 4.50. The Balaban J connectivity index is 2.06. The Labute approximate surface area is 131 Å². The minimum Gasteiger partial charge on any atom is -0.328 e. The first kappa shape index (κ1) is 13.8. The van der Waals surface area contributed by atoms with E-state index in [1.807, 2.05) is 37.3 Å². The minimum atomic E-state index is -0.275. The number of hydrogen-bond donors (Lipinski definition) is 2. The van der Waals surface area contributed by atoms with Crippen LogP contribution in [-0.2, 0) is 4.79 Å². The first-order chi connectivity index (χ1) is 10.1. The monoisotopic (exact) mass is 318 g/mol. The number of rotatable bonds is 2. The van der Waals surface area contributed by atoms with Crippen molar-refractivity contribution in [2.45, 2.75) is 6.92 Å². The number of amides is 1. The molecule has 1 fully saturated rings. The highest BCUT2D eigenvalue weighted by Crippen LogP contribution is 2.25. The van der Waals surface area contributed by atoms with Crippen LogP contribution < -0.4 is 10.6 Å². The van der Waals surface area contributed by atoms with Gasteiger partial charge in [0.05, 0.1) is 11.4 Å². The van der Waals surface area contributed by atoms with Crippen molar-refractivity contribution in [3.8, 4) is 5.69 Å². The topological polar surface area (TPSA) is 59.0 Å². The molecule has 0 spiro atoms. The maximum absolute atomic E-state index is 11.7. The summed E-state index contributed by atoms with van der Waals surface area (Å²) in [7, 11) is 0. The van der Waals surface area contributed by atoms with E-state index in [0.717, 1.165) is 11.4 Å². The molecule has 2 N–H and O–H groups in total. The first-order valence-corrected chi connectivity index (χ1v) is 6.99. The van der Waals surface area contributed by atoms with Crippen LogP contribution in [0.15, 0.2) is 36.0 Å². The van der Waals surface area contributed by atoms with Crippen molar-refractivity contribution in [2.24, 2.45) is 0 Å². The van der Waals surface area contributed by atoms with Gasteiger partial charge in [-0.25, -0.2) is 4.68 Å². The molecule has 1 saturated heterocycles. The van der Waals surface area contributed by atoms with E-state index in [4.69, 9.17) is 23.8 Å². The Morgan fingerprint density at radius 3 is 2.62 bits per heavy atom. The number of benzene rings is 1. The summed E-state index contributed by atoms with van der Waals surface area (Å²) in [4.78, 5) is 11.7. The van der Waals surface area contributed by atoms with Gasteiger partial charge < -0.3 is 5.32 Å². The second-order valence-corrected chi connectivity index (χ2v) is 5.27. The van der Waals surface area contributed by atoms with Crippen LogP contribution in [0.3, 0.4) is 0 Å². The van der Waals surface area contributed by atoms with Crippen LogP contribution in [0.25, 0.3) is 11.8 Å². The Morgan fingerprint density at radius 1 is 1.29 bits per heavy atom. The molecule has 1 aliphatic rings. The molecule has 1 aliphatic heterocycles. The molecule has 21 heavy (non-hydrogen) atoms. The summed E-state index contributed by atoms with van der Waals surface area (Å²) in [6.07, 6.45) is 1.65. The predicted molar refractivity (Wildman–Crippen MR) is 85.2 cm³/mol. The number of hydrogen-bond acceptors (Lipinski definition) is 3. The Bertz CT molecular complexity index is 767. The van der Waals surface area contributed by atoms with Gasteiger partial charge in [-0.3, -0.25) is 10.1 Å². The van der Waals surface area contributed by atoms with Gasteiger partial charge in [0, 0.05) is 5.56 Å². The number of carbonyl (C=O) groups excluding carboxylic acids is 1. The second kappa shape index (κ2) is 5.31. The van der Waals surface area contributed by atoms with Crippen LogP contribution >= 0.6 is 23.8 Å². The van der Waals surface area contributed by atoms with Crippen molar-refractivity contribution in [3.05, 3.63) is 52.4 Å². The number of thiocarbonyl (C=S) groups is 1. The Hall–Kier alpha value is -2.18. The number of carbonyl (C=O) groups is 1. The molecule has 0 atom stereocenters. The van der Waals surface area contributed by atoms with Crippen molar-refractivity contribution >= 4 is 40.9 Å². The van der Waals surface area contributed by atoms with Crippen molar-refractivity contribution in [1.29, 1.82) is 0 Å². The molecule has 2 aromatic rings. The average molecular weight is 319 g/mol. The van der Waals surface area contributed by atoms with E-state index in [9.17, 15) is 4.79 Å². The van der Waals surface area contributed by atoms with Crippen molar-refractivity contribution in [2.75, 3.05) is 0 Å². The number of aryl methyl sites for hydroxylation is 1. The quantitative estimate of drug-likeness (QED) is 0.658. The maximum Gasteiger partial charge on any atom is 0.273 e. The van der Waals surface area contributed by atoms with Crippen molar-refractivity contribution in [3.63, 3.8) is 0 Å². The summed E-state index contributed by atoms with van der Waals surface area (Å²) in [6, 6.07) is 9.55. The third-order valence-corrected chi connectivity index (χ3v) is 3.63. The molecular weight excluding hydrogens is 308 g/mol. The summed E-state index contributed by atoms with van der Waals surface area (Å²) in [5.41, 5.74) is 2.62. The van der Waals surface area contributed by atoms with E-state index in [1.165, 1.54) is 0 Å². The van der Waals surface area contributed by atoms with Crippen LogP contribution in [0.5, 0.6) is 0 Å². The molecule has 0 saturated carbocycles. The van der Waals surface area contributed by atoms with E-state index in [1.54, 1.807) is 10.8 Å². The van der Waals surface area contributed by atoms with Gasteiger partial charge in [0.25, 0.3) is 5.91 Å². The lowest BCUT2D eigenvalue weighted by Crippen LogP contribution is -2.21. The molecule has 5 nitrogen and oxygen atoms in total. The largest absolute Gasteiger partial charge is 0.328 e. The normalized spacial score (nSPS) is 16.2. The Morgan fingerprint density at radius 2 is 2.00 bits per heavy atom. The van der Waals surface area contributed by atoms with E-state index < -0.39 is 0 Å². The molecule has 0 bridgehead atoms. The average Bonchev–Trinajstić information content (AvgIpc) is 2.93. The zero-order valence-electron chi connectivity index (χ0n) is 11.1. The molecule has 3 rings (SSSR count). The maximum atomic E-state index is 11.7. The fraction of sp³-hybridized carbons (Fsp3) is 0.0714. The van der Waals surface area contributed by atoms with Gasteiger partial charge in [-0.2, -0.15) is 5.10 Å². The van der Waals surface area contributed by atoms with E-state index >= 15 is 0 Å². The van der Waals surface area contributed by atoms with E-state index in [0.29, 0.717) is 16.4 Å². The number of para-hydroxylation sites is 1. The van der Waals surface area contributed by atoms with Crippen LogP contribution in [0, 0.1) is 6.92 Å². The lowest BCUT2D eigenvalue weighted by atomic mass is 10.2. The summed E-state index contributed by atoms with van der Waals surface area (Å²) >= 11 is 11.3. The third-order valence-electron chi connectivity index (χ3n) is 3.06. The van der Waals surface area contributed by atoms with Gasteiger partial charge in [0.15, 0.2) is 5.11 Å². The zero-order chi connectivity index (χ0) is 15.0. The highest BCUT2D eigenvalue weighted by Gasteiger charge is 2.22. The SMILES string of the molecule is Cc1nn(-c2ccccc2)c(Cl)c1/C=C1\NC(=S)NC1=O. The van der Waals surface area contributed by atoms with E-state index in [-0.39, 0.29) is 11.0 Å². The summed E-state index contributed by atoms with van der Waals surface area (Å²) in [5.74, 6) is -0.275. The molecule has 0 radical (unpaired) electrons. The molecule has 0 unspecified atom stereocenters. The first-order valence-electron chi connectivity index (χ1n) is 6.21. The molecule has 7 heteroatoms. The van der Waals surface area contributed by atoms with Crippen molar-refractivity contribution in [1.82, 2.24) is 20.4 Å². The number of nitrogens with zero attached hydrogens (tertiary/aromatic N) is 2. The van der Waals surface area contributed by atoms with Crippen LogP contribution in [0.1, 0.15) is 11.3 Å². The lowest BCUT2D eigenvalue weighted by Gasteiger charge is -2.02. The van der Waals surface area contributed by atoms with Gasteiger partial charge in [-0.1, -0.05) is 29.8 Å². The fourth-order valence-corrected chi connectivity index (χ4v) is 2.57. The van der Waals surface area contributed by atoms with Gasteiger partial charge in [-0.15, -0.1) is 0 Å². The zero-order valence-corrected chi connectivity index (χ0v) is 12.6. The predicted octanol–water partition coefficient (Wildman–Crippen LogP) is 2.18. The molecule has 106 valence electrons. The highest BCUT2D eigenvalue weighted by atomic mass is 35.5. The number of nitrogens with one attached hydrogen (secondary N) is 2. The van der Waals surface area contributed by atoms with Crippen molar-refractivity contribution < 1.29 is 4.79 Å². The molecular formula is C14H11ClN4OS. The smallest absolute Gasteiger partial charge is 0.273 e. The van der Waals surface area contributed by atoms with Gasteiger partial charge in [-0.05, 0) is 37.4 Å². The van der Waals surface area contributed by atoms with Gasteiger partial charge in [0.2, 0.25) is 0 Å². The van der Waals surface area contributed by atoms with E-state index in [2.05, 4.69) is 15.7 Å². The van der Waals surface area contributed by atoms with Crippen LogP contribution in [0.4, 0.5) is 0 Å². The summed E-state index contributed by atoms with van der Waals surface area (Å²) in [5, 5.41) is 10.4. The van der Waals surface area contributed by atoms with Crippen LogP contribution in [-0.4, -0.2) is 20.8 Å². The number of halogens is 1. The molecule has 1 amide bonds. The minimum absolute atomic E-state index is 0.275. The number of aromatic nitrogens is 2. The summed E-state index contributed by atoms with van der Waals surface area (Å²) < 4.78 is 1.63. The molecule has 0 aliphatic carbocycles. The van der Waals surface area contributed by atoms with Gasteiger partial charge >= 0.3 is 0 Å². The van der Waals surface area contributed by atoms with Gasteiger partial charge in [0.1, 0.15) is 10.9 Å². The van der Waals surface area contributed by atoms with Crippen LogP contribution in [0.2, 0.25) is 5.15 Å². The molecule has 1 aromatic heterocycles. The fourth-order valence-electron chi connectivity index (χ4n) is 2.04. The summed E-state index contributed by atoms with van der Waals surface area (Å²) in [6.45, 7) is 1.84.